The molecule has 21 heavy (non-hydrogen) atoms. The van der Waals surface area contributed by atoms with Gasteiger partial charge in [-0.05, 0) is 18.6 Å². The Morgan fingerprint density at radius 3 is 2.90 bits per heavy atom. The minimum absolute atomic E-state index is 0.210. The molecule has 1 aromatic carbocycles. The molecule has 0 saturated carbocycles. The Hall–Kier alpha value is -2.17. The van der Waals surface area contributed by atoms with Crippen molar-refractivity contribution in [2.75, 3.05) is 11.4 Å². The summed E-state index contributed by atoms with van der Waals surface area (Å²) in [6.45, 7) is 5.44. The first-order chi connectivity index (χ1) is 10.1. The van der Waals surface area contributed by atoms with Crippen LogP contribution >= 0.6 is 0 Å². The van der Waals surface area contributed by atoms with E-state index in [0.717, 1.165) is 30.0 Å². The molecule has 110 valence electrons. The van der Waals surface area contributed by atoms with Gasteiger partial charge in [0.2, 0.25) is 5.89 Å². The van der Waals surface area contributed by atoms with Crippen LogP contribution in [-0.2, 0) is 6.54 Å². The molecule has 1 aliphatic heterocycles. The third-order valence-corrected chi connectivity index (χ3v) is 3.70. The lowest BCUT2D eigenvalue weighted by atomic mass is 10.1. The molecular formula is C16H19N3O2. The van der Waals surface area contributed by atoms with Crippen LogP contribution in [0.3, 0.4) is 0 Å². The van der Waals surface area contributed by atoms with Gasteiger partial charge in [-0.25, -0.2) is 0 Å². The topological polar surface area (TPSA) is 59.2 Å². The standard InChI is InChI=1S/C16H19N3O2/c1-11(2)16-17-15(21-18-16)10-19-9-5-8-14(20)12-6-3-4-7-13(12)19/h3-4,6-7,11H,5,8-10H2,1-2H3. The second-order valence-corrected chi connectivity index (χ2v) is 5.67. The summed E-state index contributed by atoms with van der Waals surface area (Å²) >= 11 is 0. The van der Waals surface area contributed by atoms with E-state index in [1.807, 2.05) is 38.1 Å². The van der Waals surface area contributed by atoms with Crippen LogP contribution in [0.15, 0.2) is 28.8 Å². The average molecular weight is 285 g/mol. The summed E-state index contributed by atoms with van der Waals surface area (Å²) < 4.78 is 5.32. The minimum atomic E-state index is 0.210. The highest BCUT2D eigenvalue weighted by atomic mass is 16.5. The van der Waals surface area contributed by atoms with Crippen molar-refractivity contribution in [1.82, 2.24) is 10.1 Å². The second kappa shape index (κ2) is 5.68. The molecule has 0 saturated heterocycles. The van der Waals surface area contributed by atoms with Crippen LogP contribution in [0.1, 0.15) is 54.7 Å². The minimum Gasteiger partial charge on any atom is -0.362 e. The Kier molecular flexibility index (Phi) is 3.73. The molecule has 0 bridgehead atoms. The van der Waals surface area contributed by atoms with Crippen LogP contribution in [0.2, 0.25) is 0 Å². The molecule has 0 radical (unpaired) electrons. The summed E-state index contributed by atoms with van der Waals surface area (Å²) in [4.78, 5) is 18.7. The van der Waals surface area contributed by atoms with Crippen LogP contribution in [0.25, 0.3) is 0 Å². The van der Waals surface area contributed by atoms with Gasteiger partial charge in [-0.3, -0.25) is 4.79 Å². The van der Waals surface area contributed by atoms with Crippen molar-refractivity contribution in [2.45, 2.75) is 39.2 Å². The third kappa shape index (κ3) is 2.82. The smallest absolute Gasteiger partial charge is 0.246 e. The van der Waals surface area contributed by atoms with Crippen molar-refractivity contribution in [3.63, 3.8) is 0 Å². The predicted molar refractivity (Wildman–Crippen MR) is 79.4 cm³/mol. The van der Waals surface area contributed by atoms with Crippen molar-refractivity contribution in [3.8, 4) is 0 Å². The molecule has 0 atom stereocenters. The maximum absolute atomic E-state index is 12.1. The molecule has 5 nitrogen and oxygen atoms in total. The van der Waals surface area contributed by atoms with E-state index in [9.17, 15) is 4.79 Å². The molecule has 0 aliphatic carbocycles. The summed E-state index contributed by atoms with van der Waals surface area (Å²) in [5.74, 6) is 1.79. The summed E-state index contributed by atoms with van der Waals surface area (Å²) in [7, 11) is 0. The molecular weight excluding hydrogens is 266 g/mol. The molecule has 0 amide bonds. The van der Waals surface area contributed by atoms with E-state index >= 15 is 0 Å². The molecule has 0 unspecified atom stereocenters. The zero-order chi connectivity index (χ0) is 14.8. The maximum Gasteiger partial charge on any atom is 0.246 e. The lowest BCUT2D eigenvalue weighted by molar-refractivity contribution is 0.0984. The van der Waals surface area contributed by atoms with Crippen molar-refractivity contribution in [3.05, 3.63) is 41.5 Å². The molecule has 2 aromatic rings. The van der Waals surface area contributed by atoms with Crippen LogP contribution in [-0.4, -0.2) is 22.5 Å². The molecule has 2 heterocycles. The second-order valence-electron chi connectivity index (χ2n) is 5.67. The summed E-state index contributed by atoms with van der Waals surface area (Å²) in [6, 6.07) is 7.74. The molecule has 3 rings (SSSR count). The van der Waals surface area contributed by atoms with Gasteiger partial charge in [-0.15, -0.1) is 0 Å². The van der Waals surface area contributed by atoms with Gasteiger partial charge in [0.15, 0.2) is 11.6 Å². The fourth-order valence-electron chi connectivity index (χ4n) is 2.57. The fourth-order valence-corrected chi connectivity index (χ4v) is 2.57. The van der Waals surface area contributed by atoms with Gasteiger partial charge in [0.25, 0.3) is 0 Å². The number of hydrogen-bond acceptors (Lipinski definition) is 5. The number of hydrogen-bond donors (Lipinski definition) is 0. The van der Waals surface area contributed by atoms with Crippen molar-refractivity contribution < 1.29 is 9.32 Å². The molecule has 1 aromatic heterocycles. The number of para-hydroxylation sites is 1. The number of carbonyl (C=O) groups excluding carboxylic acids is 1. The number of benzene rings is 1. The molecule has 0 N–H and O–H groups in total. The van der Waals surface area contributed by atoms with Crippen molar-refractivity contribution in [2.24, 2.45) is 0 Å². The predicted octanol–water partition coefficient (Wildman–Crippen LogP) is 3.18. The number of Topliss-reactive ketones (excluding diaryl/α,β-unsaturated/α-hetero) is 1. The maximum atomic E-state index is 12.1. The van der Waals surface area contributed by atoms with E-state index in [0.29, 0.717) is 18.9 Å². The van der Waals surface area contributed by atoms with E-state index < -0.39 is 0 Å². The van der Waals surface area contributed by atoms with Crippen LogP contribution in [0.5, 0.6) is 0 Å². The summed E-state index contributed by atoms with van der Waals surface area (Å²) in [6.07, 6.45) is 1.44. The van der Waals surface area contributed by atoms with E-state index in [2.05, 4.69) is 15.0 Å². The Morgan fingerprint density at radius 1 is 1.33 bits per heavy atom. The van der Waals surface area contributed by atoms with Gasteiger partial charge in [-0.1, -0.05) is 31.1 Å². The fraction of sp³-hybridized carbons (Fsp3) is 0.438. The normalized spacial score (nSPS) is 15.2. The van der Waals surface area contributed by atoms with Gasteiger partial charge in [0, 0.05) is 30.1 Å². The van der Waals surface area contributed by atoms with Crippen LogP contribution in [0.4, 0.5) is 5.69 Å². The first-order valence-corrected chi connectivity index (χ1v) is 7.35. The number of fused-ring (bicyclic) bond motifs is 1. The number of rotatable bonds is 3. The van der Waals surface area contributed by atoms with Gasteiger partial charge in [0.1, 0.15) is 0 Å². The van der Waals surface area contributed by atoms with Gasteiger partial charge < -0.3 is 9.42 Å². The molecule has 5 heteroatoms. The quantitative estimate of drug-likeness (QED) is 0.866. The molecule has 0 spiro atoms. The van der Waals surface area contributed by atoms with Crippen LogP contribution < -0.4 is 4.90 Å². The Labute approximate surface area is 124 Å². The monoisotopic (exact) mass is 285 g/mol. The zero-order valence-electron chi connectivity index (χ0n) is 12.4. The summed E-state index contributed by atoms with van der Waals surface area (Å²) in [5.41, 5.74) is 1.75. The molecule has 1 aliphatic rings. The van der Waals surface area contributed by atoms with E-state index in [4.69, 9.17) is 4.52 Å². The van der Waals surface area contributed by atoms with E-state index in [1.54, 1.807) is 0 Å². The highest BCUT2D eigenvalue weighted by Gasteiger charge is 2.22. The van der Waals surface area contributed by atoms with Gasteiger partial charge in [-0.2, -0.15) is 4.98 Å². The largest absolute Gasteiger partial charge is 0.362 e. The summed E-state index contributed by atoms with van der Waals surface area (Å²) in [5, 5.41) is 4.00. The SMILES string of the molecule is CC(C)c1noc(CN2CCCC(=O)c3ccccc32)n1. The number of carbonyl (C=O) groups is 1. The number of anilines is 1. The number of ketones is 1. The average Bonchev–Trinajstić information content (AvgIpc) is 2.89. The first-order valence-electron chi connectivity index (χ1n) is 7.35. The molecule has 0 fully saturated rings. The van der Waals surface area contributed by atoms with Crippen molar-refractivity contribution in [1.29, 1.82) is 0 Å². The lowest BCUT2D eigenvalue weighted by Gasteiger charge is -2.22. The Morgan fingerprint density at radius 2 is 2.14 bits per heavy atom. The lowest BCUT2D eigenvalue weighted by Crippen LogP contribution is -2.23. The highest BCUT2D eigenvalue weighted by Crippen LogP contribution is 2.27. The zero-order valence-corrected chi connectivity index (χ0v) is 12.4. The Bertz CT molecular complexity index is 648. The highest BCUT2D eigenvalue weighted by molar-refractivity contribution is 6.01. The van der Waals surface area contributed by atoms with Crippen LogP contribution in [0, 0.1) is 0 Å². The first kappa shape index (κ1) is 13.8. The number of nitrogens with zero attached hydrogens (tertiary/aromatic N) is 3. The third-order valence-electron chi connectivity index (χ3n) is 3.70. The Balaban J connectivity index is 1.87. The van der Waals surface area contributed by atoms with Gasteiger partial charge >= 0.3 is 0 Å². The van der Waals surface area contributed by atoms with Crippen molar-refractivity contribution >= 4 is 11.5 Å². The van der Waals surface area contributed by atoms with Gasteiger partial charge in [0.05, 0.1) is 6.54 Å². The van der Waals surface area contributed by atoms with E-state index in [1.165, 1.54) is 0 Å². The van der Waals surface area contributed by atoms with E-state index in [-0.39, 0.29) is 11.7 Å². The number of aromatic nitrogens is 2.